The molecule has 1 aromatic heterocycles. The molecule has 5 heteroatoms. The molecule has 1 amide bonds. The summed E-state index contributed by atoms with van der Waals surface area (Å²) in [5, 5.41) is 14.3. The minimum absolute atomic E-state index is 0.112. The molecule has 2 saturated carbocycles. The Morgan fingerprint density at radius 2 is 2.08 bits per heavy atom. The summed E-state index contributed by atoms with van der Waals surface area (Å²) in [6, 6.07) is 12.2. The number of phenols is 1. The Bertz CT molecular complexity index is 1370. The van der Waals surface area contributed by atoms with Crippen LogP contribution >= 0.6 is 0 Å². The van der Waals surface area contributed by atoms with E-state index in [1.165, 1.54) is 33.2 Å². The van der Waals surface area contributed by atoms with Crippen LogP contribution in [0.4, 0.5) is 0 Å². The van der Waals surface area contributed by atoms with Gasteiger partial charge in [-0.3, -0.25) is 9.59 Å². The normalized spacial score (nSPS) is 28.1. The molecule has 2 aromatic carbocycles. The van der Waals surface area contributed by atoms with E-state index < -0.39 is 0 Å². The van der Waals surface area contributed by atoms with Crippen LogP contribution in [0, 0.1) is 30.1 Å². The molecule has 0 saturated heterocycles. The number of hydrogen-bond donors (Lipinski definition) is 3. The molecule has 1 heterocycles. The number of rotatable bonds is 7. The minimum atomic E-state index is -0.208. The quantitative estimate of drug-likeness (QED) is 0.344. The van der Waals surface area contributed by atoms with E-state index in [9.17, 15) is 14.7 Å². The van der Waals surface area contributed by atoms with Crippen molar-refractivity contribution >= 4 is 22.6 Å². The molecular formula is C33H40N2O3. The molecule has 0 spiro atoms. The number of aromatic hydroxyl groups is 1. The van der Waals surface area contributed by atoms with E-state index in [1.54, 1.807) is 0 Å². The lowest BCUT2D eigenvalue weighted by molar-refractivity contribution is -0.129. The number of hydrogen-bond acceptors (Lipinski definition) is 3. The van der Waals surface area contributed by atoms with E-state index in [1.807, 2.05) is 12.1 Å². The number of carbonyl (C=O) groups is 2. The highest BCUT2D eigenvalue weighted by Gasteiger charge is 2.58. The molecule has 3 aliphatic carbocycles. The van der Waals surface area contributed by atoms with Crippen LogP contribution in [0.5, 0.6) is 5.75 Å². The number of aryl methyl sites for hydroxylation is 2. The van der Waals surface area contributed by atoms with Crippen molar-refractivity contribution in [1.82, 2.24) is 10.3 Å². The van der Waals surface area contributed by atoms with E-state index in [0.717, 1.165) is 44.9 Å². The maximum absolute atomic E-state index is 13.3. The van der Waals surface area contributed by atoms with Crippen LogP contribution in [-0.4, -0.2) is 28.3 Å². The van der Waals surface area contributed by atoms with E-state index in [2.05, 4.69) is 54.6 Å². The number of Topliss-reactive ketones (excluding diaryl/α,β-unsaturated/α-hetero) is 1. The van der Waals surface area contributed by atoms with Gasteiger partial charge in [0.2, 0.25) is 5.91 Å². The average Bonchev–Trinajstić information content (AvgIpc) is 3.42. The fourth-order valence-electron chi connectivity index (χ4n) is 8.41. The fourth-order valence-corrected chi connectivity index (χ4v) is 8.41. The molecule has 3 N–H and O–H groups in total. The molecule has 3 aliphatic rings. The van der Waals surface area contributed by atoms with Crippen LogP contribution in [-0.2, 0) is 22.4 Å². The van der Waals surface area contributed by atoms with Gasteiger partial charge in [0.05, 0.1) is 0 Å². The monoisotopic (exact) mass is 512 g/mol. The van der Waals surface area contributed by atoms with Crippen LogP contribution in [0.1, 0.15) is 80.0 Å². The number of ketones is 1. The van der Waals surface area contributed by atoms with Crippen LogP contribution < -0.4 is 5.32 Å². The molecule has 0 aliphatic heterocycles. The second kappa shape index (κ2) is 9.91. The van der Waals surface area contributed by atoms with Crippen molar-refractivity contribution in [1.29, 1.82) is 0 Å². The summed E-state index contributed by atoms with van der Waals surface area (Å²) in [5.74, 6) is 2.71. The third-order valence-corrected chi connectivity index (χ3v) is 10.3. The Hall–Kier alpha value is -3.08. The summed E-state index contributed by atoms with van der Waals surface area (Å²) in [6.45, 7) is 4.97. The van der Waals surface area contributed by atoms with Crippen molar-refractivity contribution in [3.8, 4) is 5.75 Å². The molecule has 200 valence electrons. The topological polar surface area (TPSA) is 82.2 Å². The number of amides is 1. The molecule has 6 rings (SSSR count). The predicted molar refractivity (Wildman–Crippen MR) is 150 cm³/mol. The molecule has 2 fully saturated rings. The Kier molecular flexibility index (Phi) is 6.57. The van der Waals surface area contributed by atoms with Gasteiger partial charge in [0, 0.05) is 41.9 Å². The van der Waals surface area contributed by atoms with Gasteiger partial charge in [-0.25, -0.2) is 0 Å². The fraction of sp³-hybridized carbons (Fsp3) is 0.515. The lowest BCUT2D eigenvalue weighted by Crippen LogP contribution is -2.44. The first kappa shape index (κ1) is 25.2. The zero-order valence-corrected chi connectivity index (χ0v) is 22.7. The number of carbonyl (C=O) groups excluding carboxylic acids is 2. The van der Waals surface area contributed by atoms with Gasteiger partial charge in [-0.15, -0.1) is 0 Å². The van der Waals surface area contributed by atoms with Crippen molar-refractivity contribution in [3.63, 3.8) is 0 Å². The van der Waals surface area contributed by atoms with Gasteiger partial charge in [-0.05, 0) is 110 Å². The number of phenolic OH excluding ortho intramolecular Hbond substituents is 1. The molecule has 38 heavy (non-hydrogen) atoms. The summed E-state index contributed by atoms with van der Waals surface area (Å²) in [6.07, 6.45) is 9.96. The van der Waals surface area contributed by atoms with E-state index in [-0.39, 0.29) is 11.3 Å². The van der Waals surface area contributed by atoms with Gasteiger partial charge >= 0.3 is 0 Å². The lowest BCUT2D eigenvalue weighted by atomic mass is 9.54. The predicted octanol–water partition coefficient (Wildman–Crippen LogP) is 6.36. The summed E-state index contributed by atoms with van der Waals surface area (Å²) in [5.41, 5.74) is 6.12. The van der Waals surface area contributed by atoms with Crippen LogP contribution in [0.15, 0.2) is 42.6 Å². The van der Waals surface area contributed by atoms with Gasteiger partial charge < -0.3 is 15.4 Å². The van der Waals surface area contributed by atoms with Crippen molar-refractivity contribution < 1.29 is 14.7 Å². The Balaban J connectivity index is 1.05. The van der Waals surface area contributed by atoms with Gasteiger partial charge in [-0.2, -0.15) is 0 Å². The third kappa shape index (κ3) is 4.34. The number of aromatic amines is 1. The number of H-pyrrole nitrogens is 1. The van der Waals surface area contributed by atoms with Crippen LogP contribution in [0.3, 0.4) is 0 Å². The summed E-state index contributed by atoms with van der Waals surface area (Å²) < 4.78 is 0. The standard InChI is InChI=1S/C33H40N2O3/c1-20-5-3-7-26-23(19-35-32(20)26)14-16-34-30(38)8-4-6-22-18-29(37)33(2)15-13-27-25-12-10-24(36)17-21(25)9-11-28(27)31(22)33/h3,5,7,10,12,17,19,22,27-28,31,35-36H,4,6,8-9,11,13-16,18H2,1-2H3,(H,34,38)/t22-,27-,28-,31+,33-/m1/s1. The number of aromatic nitrogens is 1. The van der Waals surface area contributed by atoms with Crippen molar-refractivity contribution in [3.05, 3.63) is 64.8 Å². The highest BCUT2D eigenvalue weighted by Crippen LogP contribution is 2.62. The molecule has 0 unspecified atom stereocenters. The maximum Gasteiger partial charge on any atom is 0.220 e. The molecule has 0 radical (unpaired) electrons. The first-order valence-electron chi connectivity index (χ1n) is 14.5. The maximum atomic E-state index is 13.3. The third-order valence-electron chi connectivity index (χ3n) is 10.3. The average molecular weight is 513 g/mol. The molecule has 0 bridgehead atoms. The highest BCUT2D eigenvalue weighted by molar-refractivity contribution is 5.88. The first-order valence-corrected chi connectivity index (χ1v) is 14.5. The summed E-state index contributed by atoms with van der Waals surface area (Å²) in [7, 11) is 0. The SMILES string of the molecule is Cc1cccc2c(CCNC(=O)CCC[C@@H]3CC(=O)[C@@]4(C)CC[C@@H]5c6ccc(O)cc6CC[C@H]5[C@H]34)c[nH]c12. The Labute approximate surface area is 225 Å². The van der Waals surface area contributed by atoms with E-state index in [4.69, 9.17) is 0 Å². The number of fused-ring (bicyclic) bond motifs is 6. The second-order valence-electron chi connectivity index (χ2n) is 12.4. The van der Waals surface area contributed by atoms with Gasteiger partial charge in [0.1, 0.15) is 11.5 Å². The Morgan fingerprint density at radius 3 is 2.95 bits per heavy atom. The molecule has 3 aromatic rings. The lowest BCUT2D eigenvalue weighted by Gasteiger charge is -2.50. The van der Waals surface area contributed by atoms with Crippen molar-refractivity contribution in [2.45, 2.75) is 77.6 Å². The number of para-hydroxylation sites is 1. The van der Waals surface area contributed by atoms with Crippen molar-refractivity contribution in [2.24, 2.45) is 23.2 Å². The first-order chi connectivity index (χ1) is 18.3. The van der Waals surface area contributed by atoms with E-state index in [0.29, 0.717) is 54.6 Å². The molecular weight excluding hydrogens is 472 g/mol. The number of benzene rings is 2. The smallest absolute Gasteiger partial charge is 0.220 e. The largest absolute Gasteiger partial charge is 0.508 e. The van der Waals surface area contributed by atoms with Crippen molar-refractivity contribution in [2.75, 3.05) is 6.54 Å². The number of nitrogens with one attached hydrogen (secondary N) is 2. The van der Waals surface area contributed by atoms with Crippen LogP contribution in [0.25, 0.3) is 10.9 Å². The van der Waals surface area contributed by atoms with Gasteiger partial charge in [-0.1, -0.05) is 31.2 Å². The highest BCUT2D eigenvalue weighted by atomic mass is 16.3. The molecule has 5 nitrogen and oxygen atoms in total. The zero-order chi connectivity index (χ0) is 26.4. The summed E-state index contributed by atoms with van der Waals surface area (Å²) >= 11 is 0. The van der Waals surface area contributed by atoms with Gasteiger partial charge in [0.25, 0.3) is 0 Å². The minimum Gasteiger partial charge on any atom is -0.508 e. The van der Waals surface area contributed by atoms with E-state index >= 15 is 0 Å². The van der Waals surface area contributed by atoms with Crippen LogP contribution in [0.2, 0.25) is 0 Å². The second-order valence-corrected chi connectivity index (χ2v) is 12.4. The summed E-state index contributed by atoms with van der Waals surface area (Å²) in [4.78, 5) is 29.3. The molecule has 5 atom stereocenters. The Morgan fingerprint density at radius 1 is 1.21 bits per heavy atom. The zero-order valence-electron chi connectivity index (χ0n) is 22.7. The van der Waals surface area contributed by atoms with Gasteiger partial charge in [0.15, 0.2) is 0 Å².